The summed E-state index contributed by atoms with van der Waals surface area (Å²) >= 11 is 0. The fraction of sp³-hybridized carbons (Fsp3) is 0.182. The van der Waals surface area contributed by atoms with Crippen LogP contribution in [0, 0.1) is 6.92 Å². The predicted octanol–water partition coefficient (Wildman–Crippen LogP) is 0.647. The zero-order chi connectivity index (χ0) is 12.0. The molecule has 0 aliphatic heterocycles. The first-order valence-corrected chi connectivity index (χ1v) is 4.69. The molecule has 5 heteroatoms. The zero-order valence-electron chi connectivity index (χ0n) is 8.80. The van der Waals surface area contributed by atoms with Gasteiger partial charge in [-0.25, -0.2) is 4.79 Å². The van der Waals surface area contributed by atoms with E-state index in [1.165, 1.54) is 0 Å². The monoisotopic (exact) mass is 220 g/mol. The second kappa shape index (κ2) is 5.65. The first-order valence-electron chi connectivity index (χ1n) is 4.69. The lowest BCUT2D eigenvalue weighted by Crippen LogP contribution is -2.21. The van der Waals surface area contributed by atoms with Crippen LogP contribution in [0.15, 0.2) is 30.5 Å². The number of aliphatic carboxylic acids is 1. The van der Waals surface area contributed by atoms with Gasteiger partial charge in [-0.15, -0.1) is 0 Å². The minimum Gasteiger partial charge on any atom is -0.478 e. The second-order valence-electron chi connectivity index (χ2n) is 3.16. The van der Waals surface area contributed by atoms with Gasteiger partial charge in [0, 0.05) is 18.3 Å². The molecule has 0 unspecified atom stereocenters. The molecule has 0 aromatic carbocycles. The van der Waals surface area contributed by atoms with Crippen LogP contribution >= 0.6 is 0 Å². The van der Waals surface area contributed by atoms with E-state index in [0.29, 0.717) is 0 Å². The quantitative estimate of drug-likeness (QED) is 0.730. The number of hydrogen-bond acceptors (Lipinski definition) is 3. The van der Waals surface area contributed by atoms with Gasteiger partial charge in [-0.05, 0) is 18.6 Å². The van der Waals surface area contributed by atoms with Gasteiger partial charge in [0.05, 0.1) is 12.2 Å². The van der Waals surface area contributed by atoms with Gasteiger partial charge in [-0.2, -0.15) is 0 Å². The molecule has 2 N–H and O–H groups in total. The van der Waals surface area contributed by atoms with Gasteiger partial charge in [0.15, 0.2) is 0 Å². The Balaban J connectivity index is 2.49. The molecule has 1 amide bonds. The molecule has 1 aromatic heterocycles. The molecule has 0 saturated carbocycles. The normalized spacial score (nSPS) is 10.3. The summed E-state index contributed by atoms with van der Waals surface area (Å²) in [6.07, 6.45) is 3.41. The lowest BCUT2D eigenvalue weighted by molar-refractivity contribution is -0.131. The van der Waals surface area contributed by atoms with Crippen molar-refractivity contribution in [2.24, 2.45) is 0 Å². The van der Waals surface area contributed by atoms with Crippen molar-refractivity contribution in [1.82, 2.24) is 10.3 Å². The molecular formula is C11H12N2O3. The Bertz CT molecular complexity index is 427. The zero-order valence-corrected chi connectivity index (χ0v) is 8.80. The van der Waals surface area contributed by atoms with Gasteiger partial charge in [-0.3, -0.25) is 9.78 Å². The molecule has 1 heterocycles. The van der Waals surface area contributed by atoms with Crippen LogP contribution in [0.3, 0.4) is 0 Å². The standard InChI is InChI=1S/C11H12N2O3/c1-8-3-2-6-12-9(8)7-13-10(14)4-5-11(15)16/h2-6H,7H2,1H3,(H,13,14)(H,15,16). The van der Waals surface area contributed by atoms with Crippen molar-refractivity contribution in [2.75, 3.05) is 0 Å². The molecule has 0 fully saturated rings. The Morgan fingerprint density at radius 3 is 2.88 bits per heavy atom. The lowest BCUT2D eigenvalue weighted by atomic mass is 10.2. The highest BCUT2D eigenvalue weighted by Gasteiger charge is 2.00. The van der Waals surface area contributed by atoms with Crippen LogP contribution in [-0.4, -0.2) is 22.0 Å². The maximum atomic E-state index is 11.1. The topological polar surface area (TPSA) is 79.3 Å². The van der Waals surface area contributed by atoms with E-state index in [-0.39, 0.29) is 6.54 Å². The van der Waals surface area contributed by atoms with Crippen LogP contribution in [0.2, 0.25) is 0 Å². The molecule has 0 radical (unpaired) electrons. The van der Waals surface area contributed by atoms with E-state index in [1.54, 1.807) is 6.20 Å². The number of rotatable bonds is 4. The number of carboxylic acids is 1. The summed E-state index contributed by atoms with van der Waals surface area (Å²) < 4.78 is 0. The highest BCUT2D eigenvalue weighted by molar-refractivity contribution is 5.93. The molecule has 0 aliphatic carbocycles. The Hall–Kier alpha value is -2.17. The number of amides is 1. The average Bonchev–Trinajstić information content (AvgIpc) is 2.25. The summed E-state index contributed by atoms with van der Waals surface area (Å²) in [5.41, 5.74) is 1.74. The van der Waals surface area contributed by atoms with Crippen molar-refractivity contribution in [3.05, 3.63) is 41.7 Å². The van der Waals surface area contributed by atoms with E-state index in [4.69, 9.17) is 5.11 Å². The summed E-state index contributed by atoms with van der Waals surface area (Å²) in [6, 6.07) is 3.70. The van der Waals surface area contributed by atoms with Crippen LogP contribution < -0.4 is 5.32 Å². The van der Waals surface area contributed by atoms with Gasteiger partial charge in [0.2, 0.25) is 5.91 Å². The molecule has 0 spiro atoms. The van der Waals surface area contributed by atoms with Gasteiger partial charge in [0.1, 0.15) is 0 Å². The number of carbonyl (C=O) groups is 2. The van der Waals surface area contributed by atoms with E-state index in [9.17, 15) is 9.59 Å². The summed E-state index contributed by atoms with van der Waals surface area (Å²) in [5, 5.41) is 10.9. The van der Waals surface area contributed by atoms with Crippen LogP contribution in [0.25, 0.3) is 0 Å². The predicted molar refractivity (Wildman–Crippen MR) is 57.6 cm³/mol. The molecule has 0 saturated heterocycles. The first-order chi connectivity index (χ1) is 7.59. The van der Waals surface area contributed by atoms with E-state index >= 15 is 0 Å². The number of pyridine rings is 1. The second-order valence-corrected chi connectivity index (χ2v) is 3.16. The number of aromatic nitrogens is 1. The van der Waals surface area contributed by atoms with Crippen LogP contribution in [0.5, 0.6) is 0 Å². The number of nitrogens with zero attached hydrogens (tertiary/aromatic N) is 1. The largest absolute Gasteiger partial charge is 0.478 e. The minimum atomic E-state index is -1.15. The van der Waals surface area contributed by atoms with Crippen molar-refractivity contribution < 1.29 is 14.7 Å². The van der Waals surface area contributed by atoms with Gasteiger partial charge >= 0.3 is 5.97 Å². The SMILES string of the molecule is Cc1cccnc1CNC(=O)C=CC(=O)O. The Morgan fingerprint density at radius 1 is 1.50 bits per heavy atom. The Labute approximate surface area is 92.8 Å². The smallest absolute Gasteiger partial charge is 0.328 e. The Morgan fingerprint density at radius 2 is 2.25 bits per heavy atom. The maximum Gasteiger partial charge on any atom is 0.328 e. The molecule has 0 aliphatic rings. The molecule has 5 nitrogen and oxygen atoms in total. The van der Waals surface area contributed by atoms with Crippen LogP contribution in [0.1, 0.15) is 11.3 Å². The molecule has 0 bridgehead atoms. The highest BCUT2D eigenvalue weighted by atomic mass is 16.4. The molecule has 0 atom stereocenters. The fourth-order valence-corrected chi connectivity index (χ4v) is 1.08. The summed E-state index contributed by atoms with van der Waals surface area (Å²) in [5.74, 6) is -1.60. The molecule has 1 rings (SSSR count). The summed E-state index contributed by atoms with van der Waals surface area (Å²) in [6.45, 7) is 2.18. The summed E-state index contributed by atoms with van der Waals surface area (Å²) in [4.78, 5) is 25.4. The van der Waals surface area contributed by atoms with Gasteiger partial charge in [0.25, 0.3) is 0 Å². The third-order valence-corrected chi connectivity index (χ3v) is 1.93. The number of hydrogen-bond donors (Lipinski definition) is 2. The van der Waals surface area contributed by atoms with Gasteiger partial charge in [-0.1, -0.05) is 6.07 Å². The number of carbonyl (C=O) groups excluding carboxylic acids is 1. The lowest BCUT2D eigenvalue weighted by Gasteiger charge is -2.04. The van der Waals surface area contributed by atoms with Crippen molar-refractivity contribution in [3.63, 3.8) is 0 Å². The van der Waals surface area contributed by atoms with E-state index in [1.807, 2.05) is 19.1 Å². The third-order valence-electron chi connectivity index (χ3n) is 1.93. The van der Waals surface area contributed by atoms with Crippen molar-refractivity contribution in [3.8, 4) is 0 Å². The molecular weight excluding hydrogens is 208 g/mol. The van der Waals surface area contributed by atoms with Crippen molar-refractivity contribution in [2.45, 2.75) is 13.5 Å². The molecule has 84 valence electrons. The maximum absolute atomic E-state index is 11.1. The third kappa shape index (κ3) is 3.91. The van der Waals surface area contributed by atoms with E-state index < -0.39 is 11.9 Å². The highest BCUT2D eigenvalue weighted by Crippen LogP contribution is 2.01. The Kier molecular flexibility index (Phi) is 4.20. The van der Waals surface area contributed by atoms with Crippen LogP contribution in [0.4, 0.5) is 0 Å². The first kappa shape index (κ1) is 11.9. The van der Waals surface area contributed by atoms with E-state index in [0.717, 1.165) is 23.4 Å². The van der Waals surface area contributed by atoms with Crippen molar-refractivity contribution in [1.29, 1.82) is 0 Å². The number of nitrogens with one attached hydrogen (secondary N) is 1. The summed E-state index contributed by atoms with van der Waals surface area (Å²) in [7, 11) is 0. The van der Waals surface area contributed by atoms with Gasteiger partial charge < -0.3 is 10.4 Å². The average molecular weight is 220 g/mol. The number of carboxylic acid groups (broad SMARTS) is 1. The van der Waals surface area contributed by atoms with Crippen molar-refractivity contribution >= 4 is 11.9 Å². The fourth-order valence-electron chi connectivity index (χ4n) is 1.08. The minimum absolute atomic E-state index is 0.287. The molecule has 1 aromatic rings. The van der Waals surface area contributed by atoms with E-state index in [2.05, 4.69) is 10.3 Å². The molecule has 16 heavy (non-hydrogen) atoms. The van der Waals surface area contributed by atoms with Crippen LogP contribution in [-0.2, 0) is 16.1 Å². The number of aryl methyl sites for hydroxylation is 1.